The predicted octanol–water partition coefficient (Wildman–Crippen LogP) is 4.01. The van der Waals surface area contributed by atoms with Gasteiger partial charge in [0.05, 0.1) is 3.79 Å². The smallest absolute Gasteiger partial charge is 0.194 e. The number of benzene rings is 1. The highest BCUT2D eigenvalue weighted by Crippen LogP contribution is 2.32. The molecule has 0 aliphatic carbocycles. The Kier molecular flexibility index (Phi) is 3.56. The normalized spacial score (nSPS) is 12.8. The number of thiophene rings is 1. The summed E-state index contributed by atoms with van der Waals surface area (Å²) in [7, 11) is 0. The van der Waals surface area contributed by atoms with E-state index in [-0.39, 0.29) is 5.56 Å². The molecule has 0 saturated carbocycles. The van der Waals surface area contributed by atoms with Crippen LogP contribution in [0.4, 0.5) is 13.2 Å². The zero-order chi connectivity index (χ0) is 12.6. The van der Waals surface area contributed by atoms with E-state index in [0.717, 1.165) is 15.9 Å². The quantitative estimate of drug-likeness (QED) is 0.828. The molecule has 0 aliphatic rings. The van der Waals surface area contributed by atoms with E-state index in [0.29, 0.717) is 4.88 Å². The Morgan fingerprint density at radius 1 is 1.12 bits per heavy atom. The first-order chi connectivity index (χ1) is 7.99. The first-order valence-electron chi connectivity index (χ1n) is 4.57. The molecule has 2 aromatic rings. The van der Waals surface area contributed by atoms with Crippen molar-refractivity contribution in [1.29, 1.82) is 0 Å². The summed E-state index contributed by atoms with van der Waals surface area (Å²) in [4.78, 5) is 0.516. The summed E-state index contributed by atoms with van der Waals surface area (Å²) in [6.45, 7) is 0. The minimum Gasteiger partial charge on any atom is -0.383 e. The summed E-state index contributed by atoms with van der Waals surface area (Å²) in [6, 6.07) is 4.91. The largest absolute Gasteiger partial charge is 0.383 e. The maximum atomic E-state index is 13.0. The van der Waals surface area contributed by atoms with E-state index in [2.05, 4.69) is 15.9 Å². The second kappa shape index (κ2) is 4.80. The van der Waals surface area contributed by atoms with Crippen LogP contribution in [0, 0.1) is 17.5 Å². The van der Waals surface area contributed by atoms with Crippen molar-refractivity contribution in [3.05, 3.63) is 55.9 Å². The molecule has 0 saturated heterocycles. The minimum atomic E-state index is -1.53. The monoisotopic (exact) mass is 322 g/mol. The second-order valence-electron chi connectivity index (χ2n) is 3.34. The van der Waals surface area contributed by atoms with Crippen LogP contribution >= 0.6 is 27.3 Å². The van der Waals surface area contributed by atoms with Crippen LogP contribution in [0.3, 0.4) is 0 Å². The molecule has 0 amide bonds. The van der Waals surface area contributed by atoms with Crippen molar-refractivity contribution >= 4 is 27.3 Å². The van der Waals surface area contributed by atoms with E-state index in [1.54, 1.807) is 12.1 Å². The van der Waals surface area contributed by atoms with Crippen LogP contribution in [0.1, 0.15) is 16.5 Å². The maximum absolute atomic E-state index is 13.0. The minimum absolute atomic E-state index is 0.0178. The summed E-state index contributed by atoms with van der Waals surface area (Å²) < 4.78 is 39.5. The van der Waals surface area contributed by atoms with E-state index < -0.39 is 23.6 Å². The van der Waals surface area contributed by atoms with E-state index in [1.807, 2.05) is 0 Å². The van der Waals surface area contributed by atoms with E-state index in [1.165, 1.54) is 11.3 Å². The highest BCUT2D eigenvalue weighted by molar-refractivity contribution is 9.11. The van der Waals surface area contributed by atoms with Crippen molar-refractivity contribution in [2.75, 3.05) is 0 Å². The molecule has 0 radical (unpaired) electrons. The molecule has 6 heteroatoms. The van der Waals surface area contributed by atoms with Gasteiger partial charge < -0.3 is 5.11 Å². The standard InChI is InChI=1S/C11H6BrF3OS/c12-9-2-1-8(17-9)11(16)5-3-6(13)10(15)7(14)4-5/h1-4,11,16H. The van der Waals surface area contributed by atoms with Crippen molar-refractivity contribution in [1.82, 2.24) is 0 Å². The van der Waals surface area contributed by atoms with Gasteiger partial charge in [-0.3, -0.25) is 0 Å². The molecule has 1 atom stereocenters. The molecule has 1 heterocycles. The van der Waals surface area contributed by atoms with Crippen molar-refractivity contribution in [2.45, 2.75) is 6.10 Å². The summed E-state index contributed by atoms with van der Waals surface area (Å²) in [5.74, 6) is -4.15. The molecule has 0 bridgehead atoms. The Balaban J connectivity index is 2.41. The third-order valence-electron chi connectivity index (χ3n) is 2.19. The Morgan fingerprint density at radius 2 is 1.71 bits per heavy atom. The first-order valence-corrected chi connectivity index (χ1v) is 6.17. The van der Waals surface area contributed by atoms with Gasteiger partial charge in [-0.25, -0.2) is 13.2 Å². The van der Waals surface area contributed by atoms with Gasteiger partial charge in [-0.05, 0) is 45.8 Å². The molecule has 17 heavy (non-hydrogen) atoms. The Labute approximate surface area is 108 Å². The summed E-state index contributed by atoms with van der Waals surface area (Å²) in [5.41, 5.74) is -0.0178. The van der Waals surface area contributed by atoms with Gasteiger partial charge in [-0.1, -0.05) is 0 Å². The van der Waals surface area contributed by atoms with Crippen LogP contribution in [0.2, 0.25) is 0 Å². The lowest BCUT2D eigenvalue weighted by Crippen LogP contribution is -2.01. The molecule has 0 fully saturated rings. The van der Waals surface area contributed by atoms with Crippen molar-refractivity contribution in [2.24, 2.45) is 0 Å². The molecular weight excluding hydrogens is 317 g/mol. The molecule has 1 nitrogen and oxygen atoms in total. The molecular formula is C11H6BrF3OS. The highest BCUT2D eigenvalue weighted by atomic mass is 79.9. The molecule has 1 unspecified atom stereocenters. The SMILES string of the molecule is OC(c1cc(F)c(F)c(F)c1)c1ccc(Br)s1. The Morgan fingerprint density at radius 3 is 2.18 bits per heavy atom. The number of halogens is 4. The molecule has 1 aromatic carbocycles. The van der Waals surface area contributed by atoms with Crippen LogP contribution in [0.15, 0.2) is 28.1 Å². The van der Waals surface area contributed by atoms with E-state index >= 15 is 0 Å². The topological polar surface area (TPSA) is 20.2 Å². The lowest BCUT2D eigenvalue weighted by atomic mass is 10.1. The Hall–Kier alpha value is -0.850. The van der Waals surface area contributed by atoms with Gasteiger partial charge in [0, 0.05) is 4.88 Å². The molecule has 90 valence electrons. The van der Waals surface area contributed by atoms with Crippen molar-refractivity contribution in [3.8, 4) is 0 Å². The lowest BCUT2D eigenvalue weighted by Gasteiger charge is -2.09. The van der Waals surface area contributed by atoms with Gasteiger partial charge in [0.15, 0.2) is 17.5 Å². The lowest BCUT2D eigenvalue weighted by molar-refractivity contribution is 0.222. The average Bonchev–Trinajstić information content (AvgIpc) is 2.71. The highest BCUT2D eigenvalue weighted by Gasteiger charge is 2.18. The fraction of sp³-hybridized carbons (Fsp3) is 0.0909. The van der Waals surface area contributed by atoms with Crippen LogP contribution in [0.25, 0.3) is 0 Å². The maximum Gasteiger partial charge on any atom is 0.194 e. The van der Waals surface area contributed by atoms with E-state index in [4.69, 9.17) is 0 Å². The number of hydrogen-bond acceptors (Lipinski definition) is 2. The zero-order valence-corrected chi connectivity index (χ0v) is 10.7. The van der Waals surface area contributed by atoms with Gasteiger partial charge >= 0.3 is 0 Å². The molecule has 0 aliphatic heterocycles. The molecule has 1 aromatic heterocycles. The molecule has 0 spiro atoms. The average molecular weight is 323 g/mol. The van der Waals surface area contributed by atoms with Crippen molar-refractivity contribution in [3.63, 3.8) is 0 Å². The number of aliphatic hydroxyl groups is 1. The molecule has 1 N–H and O–H groups in total. The van der Waals surface area contributed by atoms with Gasteiger partial charge in [0.1, 0.15) is 6.10 Å². The third kappa shape index (κ3) is 2.53. The first kappa shape index (κ1) is 12.6. The summed E-state index contributed by atoms with van der Waals surface area (Å²) in [5, 5.41) is 9.88. The second-order valence-corrected chi connectivity index (χ2v) is 5.84. The summed E-state index contributed by atoms with van der Waals surface area (Å²) in [6.07, 6.45) is -1.17. The van der Waals surface area contributed by atoms with Crippen LogP contribution in [-0.2, 0) is 0 Å². The third-order valence-corrected chi connectivity index (χ3v) is 3.86. The van der Waals surface area contributed by atoms with Crippen molar-refractivity contribution < 1.29 is 18.3 Å². The fourth-order valence-electron chi connectivity index (χ4n) is 1.37. The van der Waals surface area contributed by atoms with E-state index in [9.17, 15) is 18.3 Å². The van der Waals surface area contributed by atoms with Gasteiger partial charge in [-0.15, -0.1) is 11.3 Å². The van der Waals surface area contributed by atoms with Crippen LogP contribution in [-0.4, -0.2) is 5.11 Å². The number of aliphatic hydroxyl groups excluding tert-OH is 1. The van der Waals surface area contributed by atoms with Crippen LogP contribution in [0.5, 0.6) is 0 Å². The fourth-order valence-corrected chi connectivity index (χ4v) is 2.81. The van der Waals surface area contributed by atoms with Crippen LogP contribution < -0.4 is 0 Å². The predicted molar refractivity (Wildman–Crippen MR) is 62.4 cm³/mol. The van der Waals surface area contributed by atoms with Gasteiger partial charge in [0.2, 0.25) is 0 Å². The van der Waals surface area contributed by atoms with Gasteiger partial charge in [-0.2, -0.15) is 0 Å². The zero-order valence-electron chi connectivity index (χ0n) is 8.25. The number of rotatable bonds is 2. The number of hydrogen-bond donors (Lipinski definition) is 1. The molecule has 2 rings (SSSR count). The van der Waals surface area contributed by atoms with Gasteiger partial charge in [0.25, 0.3) is 0 Å². The summed E-state index contributed by atoms with van der Waals surface area (Å²) >= 11 is 4.45. The Bertz CT molecular complexity index is 532.